The molecule has 0 radical (unpaired) electrons. The van der Waals surface area contributed by atoms with Crippen LogP contribution in [-0.2, 0) is 20.9 Å². The minimum atomic E-state index is -0.406. The molecular formula is C20H23N3O3. The Morgan fingerprint density at radius 1 is 0.808 bits per heavy atom. The van der Waals surface area contributed by atoms with Crippen LogP contribution in [0, 0.1) is 6.92 Å². The van der Waals surface area contributed by atoms with Crippen molar-refractivity contribution in [2.45, 2.75) is 20.4 Å². The molecule has 2 aromatic rings. The zero-order valence-corrected chi connectivity index (χ0v) is 15.0. The molecule has 0 aliphatic rings. The van der Waals surface area contributed by atoms with E-state index in [1.807, 2.05) is 43.3 Å². The monoisotopic (exact) mass is 353 g/mol. The van der Waals surface area contributed by atoms with E-state index in [0.717, 1.165) is 16.7 Å². The van der Waals surface area contributed by atoms with Crippen LogP contribution < -0.4 is 16.0 Å². The van der Waals surface area contributed by atoms with Crippen LogP contribution >= 0.6 is 0 Å². The second kappa shape index (κ2) is 9.36. The van der Waals surface area contributed by atoms with Crippen LogP contribution in [0.25, 0.3) is 11.1 Å². The van der Waals surface area contributed by atoms with Gasteiger partial charge in [-0.1, -0.05) is 48.0 Å². The van der Waals surface area contributed by atoms with Gasteiger partial charge in [0.2, 0.25) is 17.7 Å². The Hall–Kier alpha value is -3.15. The van der Waals surface area contributed by atoms with E-state index in [1.54, 1.807) is 0 Å². The minimum Gasteiger partial charge on any atom is -0.350 e. The van der Waals surface area contributed by atoms with Gasteiger partial charge in [0.15, 0.2) is 0 Å². The molecule has 136 valence electrons. The summed E-state index contributed by atoms with van der Waals surface area (Å²) < 4.78 is 0. The topological polar surface area (TPSA) is 87.3 Å². The van der Waals surface area contributed by atoms with Gasteiger partial charge in [-0.05, 0) is 29.7 Å². The Bertz CT molecular complexity index is 802. The lowest BCUT2D eigenvalue weighted by molar-refractivity contribution is -0.127. The second-order valence-corrected chi connectivity index (χ2v) is 6.03. The summed E-state index contributed by atoms with van der Waals surface area (Å²) in [4.78, 5) is 34.0. The smallest absolute Gasteiger partial charge is 0.239 e. The van der Waals surface area contributed by atoms with E-state index in [2.05, 4.69) is 28.1 Å². The van der Waals surface area contributed by atoms with Crippen LogP contribution in [0.15, 0.2) is 48.5 Å². The standard InChI is InChI=1S/C20H23N3O3/c1-14-5-3-7-17(9-14)18-8-4-6-16(10-18)11-22-20(26)13-23-19(25)12-21-15(2)24/h3-10H,11-13H2,1-2H3,(H,21,24)(H,22,26)(H,23,25). The molecule has 3 amide bonds. The molecular weight excluding hydrogens is 330 g/mol. The highest BCUT2D eigenvalue weighted by Gasteiger charge is 2.06. The van der Waals surface area contributed by atoms with Crippen LogP contribution in [0.4, 0.5) is 0 Å². The number of nitrogens with one attached hydrogen (secondary N) is 3. The molecule has 2 aromatic carbocycles. The number of amides is 3. The molecule has 2 rings (SSSR count). The fourth-order valence-corrected chi connectivity index (χ4v) is 2.39. The molecule has 0 aliphatic heterocycles. The molecule has 0 aliphatic carbocycles. The van der Waals surface area contributed by atoms with Crippen molar-refractivity contribution in [1.82, 2.24) is 16.0 Å². The Morgan fingerprint density at radius 2 is 1.42 bits per heavy atom. The van der Waals surface area contributed by atoms with Crippen LogP contribution in [0.3, 0.4) is 0 Å². The molecule has 6 heteroatoms. The van der Waals surface area contributed by atoms with Crippen molar-refractivity contribution in [2.75, 3.05) is 13.1 Å². The van der Waals surface area contributed by atoms with Crippen molar-refractivity contribution in [1.29, 1.82) is 0 Å². The third-order valence-electron chi connectivity index (χ3n) is 3.71. The second-order valence-electron chi connectivity index (χ2n) is 6.03. The number of carbonyl (C=O) groups excluding carboxylic acids is 3. The molecule has 0 heterocycles. The summed E-state index contributed by atoms with van der Waals surface area (Å²) in [6.07, 6.45) is 0. The van der Waals surface area contributed by atoms with Gasteiger partial charge in [0.05, 0.1) is 13.1 Å². The summed E-state index contributed by atoms with van der Waals surface area (Å²) in [7, 11) is 0. The van der Waals surface area contributed by atoms with Crippen LogP contribution in [-0.4, -0.2) is 30.8 Å². The molecule has 0 fully saturated rings. The lowest BCUT2D eigenvalue weighted by Gasteiger charge is -2.09. The lowest BCUT2D eigenvalue weighted by Crippen LogP contribution is -2.41. The Kier molecular flexibility index (Phi) is 6.91. The van der Waals surface area contributed by atoms with Gasteiger partial charge < -0.3 is 16.0 Å². The van der Waals surface area contributed by atoms with Crippen molar-refractivity contribution < 1.29 is 14.4 Å². The van der Waals surface area contributed by atoms with E-state index in [0.29, 0.717) is 6.54 Å². The summed E-state index contributed by atoms with van der Waals surface area (Å²) in [6, 6.07) is 16.2. The number of benzene rings is 2. The van der Waals surface area contributed by atoms with Crippen LogP contribution in [0.1, 0.15) is 18.1 Å². The van der Waals surface area contributed by atoms with Gasteiger partial charge in [0.1, 0.15) is 0 Å². The van der Waals surface area contributed by atoms with Gasteiger partial charge >= 0.3 is 0 Å². The first-order valence-corrected chi connectivity index (χ1v) is 8.38. The zero-order chi connectivity index (χ0) is 18.9. The van der Waals surface area contributed by atoms with E-state index in [-0.39, 0.29) is 24.9 Å². The van der Waals surface area contributed by atoms with Gasteiger partial charge in [-0.3, -0.25) is 14.4 Å². The van der Waals surface area contributed by atoms with Crippen molar-refractivity contribution in [3.8, 4) is 11.1 Å². The lowest BCUT2D eigenvalue weighted by atomic mass is 10.0. The number of rotatable bonds is 7. The van der Waals surface area contributed by atoms with E-state index >= 15 is 0 Å². The molecule has 26 heavy (non-hydrogen) atoms. The first-order chi connectivity index (χ1) is 12.4. The summed E-state index contributed by atoms with van der Waals surface area (Å²) in [5.41, 5.74) is 4.38. The fourth-order valence-electron chi connectivity index (χ4n) is 2.39. The van der Waals surface area contributed by atoms with E-state index in [4.69, 9.17) is 0 Å². The highest BCUT2D eigenvalue weighted by Crippen LogP contribution is 2.21. The Morgan fingerprint density at radius 3 is 2.12 bits per heavy atom. The predicted octanol–water partition coefficient (Wildman–Crippen LogP) is 1.53. The highest BCUT2D eigenvalue weighted by molar-refractivity contribution is 5.87. The van der Waals surface area contributed by atoms with Crippen molar-refractivity contribution in [2.24, 2.45) is 0 Å². The molecule has 0 bridgehead atoms. The highest BCUT2D eigenvalue weighted by atomic mass is 16.2. The van der Waals surface area contributed by atoms with Crippen molar-refractivity contribution in [3.05, 3.63) is 59.7 Å². The van der Waals surface area contributed by atoms with E-state index < -0.39 is 5.91 Å². The quantitative estimate of drug-likeness (QED) is 0.705. The Labute approximate surface area is 153 Å². The average Bonchev–Trinajstić information content (AvgIpc) is 2.63. The molecule has 3 N–H and O–H groups in total. The van der Waals surface area contributed by atoms with E-state index in [9.17, 15) is 14.4 Å². The van der Waals surface area contributed by atoms with E-state index in [1.165, 1.54) is 12.5 Å². The molecule has 0 saturated heterocycles. The molecule has 0 saturated carbocycles. The number of hydrogen-bond acceptors (Lipinski definition) is 3. The van der Waals surface area contributed by atoms with Crippen LogP contribution in [0.2, 0.25) is 0 Å². The van der Waals surface area contributed by atoms with Crippen molar-refractivity contribution >= 4 is 17.7 Å². The molecule has 0 spiro atoms. The van der Waals surface area contributed by atoms with Gasteiger partial charge in [-0.15, -0.1) is 0 Å². The predicted molar refractivity (Wildman–Crippen MR) is 100 cm³/mol. The zero-order valence-electron chi connectivity index (χ0n) is 15.0. The first kappa shape index (κ1) is 19.2. The van der Waals surface area contributed by atoms with Gasteiger partial charge in [-0.2, -0.15) is 0 Å². The molecule has 6 nitrogen and oxygen atoms in total. The third kappa shape index (κ3) is 6.39. The molecule has 0 aromatic heterocycles. The third-order valence-corrected chi connectivity index (χ3v) is 3.71. The molecule has 0 unspecified atom stereocenters. The largest absolute Gasteiger partial charge is 0.350 e. The number of carbonyl (C=O) groups is 3. The van der Waals surface area contributed by atoms with Crippen molar-refractivity contribution in [3.63, 3.8) is 0 Å². The normalized spacial score (nSPS) is 10.1. The van der Waals surface area contributed by atoms with Gasteiger partial charge in [0, 0.05) is 13.5 Å². The summed E-state index contributed by atoms with van der Waals surface area (Å²) in [6.45, 7) is 3.48. The van der Waals surface area contributed by atoms with Gasteiger partial charge in [-0.25, -0.2) is 0 Å². The Balaban J connectivity index is 1.84. The number of aryl methyl sites for hydroxylation is 1. The van der Waals surface area contributed by atoms with Gasteiger partial charge in [0.25, 0.3) is 0 Å². The maximum absolute atomic E-state index is 11.8. The average molecular weight is 353 g/mol. The number of hydrogen-bond donors (Lipinski definition) is 3. The maximum Gasteiger partial charge on any atom is 0.239 e. The first-order valence-electron chi connectivity index (χ1n) is 8.38. The summed E-state index contributed by atoms with van der Waals surface area (Å²) in [5.74, 6) is -0.989. The summed E-state index contributed by atoms with van der Waals surface area (Å²) in [5, 5.41) is 7.59. The fraction of sp³-hybridized carbons (Fsp3) is 0.250. The summed E-state index contributed by atoms with van der Waals surface area (Å²) >= 11 is 0. The molecule has 0 atom stereocenters. The SMILES string of the molecule is CC(=O)NCC(=O)NCC(=O)NCc1cccc(-c2cccc(C)c2)c1. The van der Waals surface area contributed by atoms with Crippen LogP contribution in [0.5, 0.6) is 0 Å². The minimum absolute atomic E-state index is 0.129. The maximum atomic E-state index is 11.8.